The molecule has 2 aromatic rings. The Kier molecular flexibility index (Phi) is 8.46. The smallest absolute Gasteiger partial charge is 0.362 e. The Balaban J connectivity index is 1.75. The number of carbonyl (C=O) groups is 2. The summed E-state index contributed by atoms with van der Waals surface area (Å²) in [6, 6.07) is 15.4. The summed E-state index contributed by atoms with van der Waals surface area (Å²) >= 11 is 0. The molecule has 1 N–H and O–H groups in total. The number of hydrogen-bond donors (Lipinski definition) is 1. The molecule has 0 aliphatic carbocycles. The first-order valence-corrected chi connectivity index (χ1v) is 11.8. The van der Waals surface area contributed by atoms with Gasteiger partial charge in [-0.1, -0.05) is 55.0 Å². The van der Waals surface area contributed by atoms with Gasteiger partial charge < -0.3 is 14.5 Å². The third-order valence-electron chi connectivity index (χ3n) is 6.82. The van der Waals surface area contributed by atoms with Crippen molar-refractivity contribution in [1.29, 1.82) is 0 Å². The molecule has 0 saturated carbocycles. The van der Waals surface area contributed by atoms with Gasteiger partial charge in [0.15, 0.2) is 12.6 Å². The van der Waals surface area contributed by atoms with Gasteiger partial charge in [-0.25, -0.2) is 4.79 Å². The number of esters is 1. The summed E-state index contributed by atoms with van der Waals surface area (Å²) in [4.78, 5) is 26.3. The number of likely N-dealkylation sites (tertiary alicyclic amines) is 1. The Bertz CT molecular complexity index is 882. The van der Waals surface area contributed by atoms with E-state index in [9.17, 15) is 9.59 Å². The molecule has 1 aliphatic rings. The van der Waals surface area contributed by atoms with Crippen molar-refractivity contribution in [3.05, 3.63) is 65.2 Å². The van der Waals surface area contributed by atoms with Crippen LogP contribution in [0.5, 0.6) is 0 Å². The molecule has 1 heterocycles. The van der Waals surface area contributed by atoms with Gasteiger partial charge in [0.1, 0.15) is 6.61 Å². The molecule has 5 heteroatoms. The summed E-state index contributed by atoms with van der Waals surface area (Å²) in [5.74, 6) is -0.264. The van der Waals surface area contributed by atoms with E-state index in [4.69, 9.17) is 4.74 Å². The molecule has 0 aromatic heterocycles. The lowest BCUT2D eigenvalue weighted by molar-refractivity contribution is -0.935. The van der Waals surface area contributed by atoms with Crippen LogP contribution in [0.25, 0.3) is 0 Å². The van der Waals surface area contributed by atoms with E-state index in [0.717, 1.165) is 61.2 Å². The molecule has 0 spiro atoms. The maximum atomic E-state index is 13.4. The molecule has 1 aliphatic heterocycles. The predicted octanol–water partition coefficient (Wildman–Crippen LogP) is 5.15. The van der Waals surface area contributed by atoms with Crippen molar-refractivity contribution in [2.24, 2.45) is 0 Å². The Labute approximate surface area is 192 Å². The standard InChI is InChI=1S/C27H36N2O3/c1-21-13-12-14-22(2)26(21)28-27(31)23(3)29(17-10-5-4-6-11-18-29)19-25(30)32-20-24-15-8-7-9-16-24/h7-9,12-16,23H,4-6,10-11,17-20H2,1-3H3/p+1. The summed E-state index contributed by atoms with van der Waals surface area (Å²) < 4.78 is 6.09. The molecule has 5 nitrogen and oxygen atoms in total. The summed E-state index contributed by atoms with van der Waals surface area (Å²) in [5, 5.41) is 3.16. The molecule has 1 saturated heterocycles. The molecule has 0 bridgehead atoms. The van der Waals surface area contributed by atoms with Crippen molar-refractivity contribution >= 4 is 17.6 Å². The molecule has 1 unspecified atom stereocenters. The van der Waals surface area contributed by atoms with Crippen molar-refractivity contribution in [2.45, 2.75) is 65.5 Å². The zero-order valence-electron chi connectivity index (χ0n) is 19.7. The quantitative estimate of drug-likeness (QED) is 0.481. The second-order valence-electron chi connectivity index (χ2n) is 9.17. The first-order valence-electron chi connectivity index (χ1n) is 11.8. The van der Waals surface area contributed by atoms with Crippen molar-refractivity contribution in [1.82, 2.24) is 0 Å². The maximum Gasteiger partial charge on any atom is 0.362 e. The summed E-state index contributed by atoms with van der Waals surface area (Å²) in [7, 11) is 0. The number of hydrogen-bond acceptors (Lipinski definition) is 3. The molecular formula is C27H37N2O3+. The minimum atomic E-state index is -0.337. The van der Waals surface area contributed by atoms with E-state index in [-0.39, 0.29) is 31.1 Å². The third-order valence-corrected chi connectivity index (χ3v) is 6.82. The van der Waals surface area contributed by atoms with Crippen molar-refractivity contribution in [2.75, 3.05) is 25.0 Å². The van der Waals surface area contributed by atoms with Gasteiger partial charge in [0, 0.05) is 5.69 Å². The van der Waals surface area contributed by atoms with E-state index >= 15 is 0 Å². The van der Waals surface area contributed by atoms with Gasteiger partial charge in [-0.3, -0.25) is 4.79 Å². The lowest BCUT2D eigenvalue weighted by Crippen LogP contribution is -2.62. The number of carbonyl (C=O) groups excluding carboxylic acids is 2. The van der Waals surface area contributed by atoms with Crippen LogP contribution in [-0.4, -0.2) is 42.0 Å². The van der Waals surface area contributed by atoms with Crippen molar-refractivity contribution in [3.63, 3.8) is 0 Å². The van der Waals surface area contributed by atoms with E-state index in [1.165, 1.54) is 6.42 Å². The Morgan fingerprint density at radius 2 is 1.50 bits per heavy atom. The highest BCUT2D eigenvalue weighted by Gasteiger charge is 2.41. The van der Waals surface area contributed by atoms with E-state index in [1.807, 2.05) is 69.3 Å². The van der Waals surface area contributed by atoms with E-state index in [0.29, 0.717) is 4.48 Å². The summed E-state index contributed by atoms with van der Waals surface area (Å²) in [5.41, 5.74) is 3.95. The highest BCUT2D eigenvalue weighted by Crippen LogP contribution is 2.25. The van der Waals surface area contributed by atoms with Crippen LogP contribution in [0.2, 0.25) is 0 Å². The summed E-state index contributed by atoms with van der Waals surface area (Å²) in [6.45, 7) is 8.12. The zero-order valence-corrected chi connectivity index (χ0v) is 19.7. The van der Waals surface area contributed by atoms with Gasteiger partial charge in [0.2, 0.25) is 0 Å². The number of nitrogens with one attached hydrogen (secondary N) is 1. The number of quaternary nitrogens is 1. The number of amides is 1. The second-order valence-corrected chi connectivity index (χ2v) is 9.17. The number of nitrogens with zero attached hydrogens (tertiary/aromatic N) is 1. The van der Waals surface area contributed by atoms with Crippen LogP contribution >= 0.6 is 0 Å². The van der Waals surface area contributed by atoms with Gasteiger partial charge in [-0.05, 0) is 63.1 Å². The van der Waals surface area contributed by atoms with E-state index in [1.54, 1.807) is 0 Å². The van der Waals surface area contributed by atoms with Crippen molar-refractivity contribution < 1.29 is 18.8 Å². The fraction of sp³-hybridized carbons (Fsp3) is 0.481. The third kappa shape index (κ3) is 6.19. The molecular weight excluding hydrogens is 400 g/mol. The van der Waals surface area contributed by atoms with E-state index in [2.05, 4.69) is 5.32 Å². The van der Waals surface area contributed by atoms with Crippen LogP contribution in [0.4, 0.5) is 5.69 Å². The van der Waals surface area contributed by atoms with Gasteiger partial charge in [0.05, 0.1) is 13.1 Å². The van der Waals surface area contributed by atoms with Crippen LogP contribution in [0.3, 0.4) is 0 Å². The predicted molar refractivity (Wildman–Crippen MR) is 128 cm³/mol. The Hall–Kier alpha value is -2.66. The van der Waals surface area contributed by atoms with Crippen LogP contribution in [0.15, 0.2) is 48.5 Å². The molecule has 1 amide bonds. The topological polar surface area (TPSA) is 55.4 Å². The number of benzene rings is 2. The second kappa shape index (κ2) is 11.3. The number of para-hydroxylation sites is 1. The first-order chi connectivity index (χ1) is 15.4. The molecule has 1 atom stereocenters. The first kappa shape index (κ1) is 24.0. The van der Waals surface area contributed by atoms with Crippen LogP contribution in [0.1, 0.15) is 55.7 Å². The molecule has 172 valence electrons. The zero-order chi connectivity index (χ0) is 23.0. The van der Waals surface area contributed by atoms with Gasteiger partial charge in [0.25, 0.3) is 5.91 Å². The molecule has 1 fully saturated rings. The lowest BCUT2D eigenvalue weighted by atomic mass is 10.0. The van der Waals surface area contributed by atoms with Gasteiger partial charge in [-0.15, -0.1) is 0 Å². The minimum absolute atomic E-state index is 0.0289. The highest BCUT2D eigenvalue weighted by atomic mass is 16.5. The Morgan fingerprint density at radius 3 is 2.12 bits per heavy atom. The van der Waals surface area contributed by atoms with Gasteiger partial charge >= 0.3 is 5.97 Å². The number of ether oxygens (including phenoxy) is 1. The molecule has 2 aromatic carbocycles. The molecule has 3 rings (SSSR count). The lowest BCUT2D eigenvalue weighted by Gasteiger charge is -2.43. The highest BCUT2D eigenvalue weighted by molar-refractivity contribution is 5.95. The molecule has 0 radical (unpaired) electrons. The van der Waals surface area contributed by atoms with Crippen LogP contribution < -0.4 is 5.32 Å². The summed E-state index contributed by atoms with van der Waals surface area (Å²) in [6.07, 6.45) is 5.55. The van der Waals surface area contributed by atoms with Gasteiger partial charge in [-0.2, -0.15) is 0 Å². The maximum absolute atomic E-state index is 13.4. The van der Waals surface area contributed by atoms with Crippen LogP contribution in [-0.2, 0) is 20.9 Å². The fourth-order valence-electron chi connectivity index (χ4n) is 4.71. The Morgan fingerprint density at radius 1 is 0.906 bits per heavy atom. The fourth-order valence-corrected chi connectivity index (χ4v) is 4.71. The number of anilines is 1. The normalized spacial score (nSPS) is 17.0. The number of rotatable bonds is 7. The van der Waals surface area contributed by atoms with Crippen LogP contribution in [0, 0.1) is 13.8 Å². The monoisotopic (exact) mass is 437 g/mol. The molecule has 32 heavy (non-hydrogen) atoms. The largest absolute Gasteiger partial charge is 0.457 e. The minimum Gasteiger partial charge on any atom is -0.457 e. The average Bonchev–Trinajstić information content (AvgIpc) is 2.77. The SMILES string of the molecule is Cc1cccc(C)c1NC(=O)C(C)[N+]1(CC(=O)OCc2ccccc2)CCCCCCC1. The van der Waals surface area contributed by atoms with E-state index < -0.39 is 0 Å². The van der Waals surface area contributed by atoms with Crippen molar-refractivity contribution in [3.8, 4) is 0 Å². The number of aryl methyl sites for hydroxylation is 2. The average molecular weight is 438 g/mol.